The number of carbonyl (C=O) groups excluding carboxylic acids is 2. The first kappa shape index (κ1) is 15.5. The van der Waals surface area contributed by atoms with Crippen LogP contribution in [0.4, 0.5) is 0 Å². The molecule has 1 atom stereocenters. The van der Waals surface area contributed by atoms with Crippen molar-refractivity contribution < 1.29 is 9.59 Å². The molecule has 21 heavy (non-hydrogen) atoms. The zero-order chi connectivity index (χ0) is 15.4. The summed E-state index contributed by atoms with van der Waals surface area (Å²) in [5.74, 6) is 0.00162. The highest BCUT2D eigenvalue weighted by molar-refractivity contribution is 5.92. The number of aryl methyl sites for hydroxylation is 1. The highest BCUT2D eigenvalue weighted by Crippen LogP contribution is 2.17. The molecule has 1 N–H and O–H groups in total. The Morgan fingerprint density at radius 1 is 1.24 bits per heavy atom. The SMILES string of the molecule is CCNC(CN1CC(=O)N(C)CC1=O)c1cccc(C)c1. The summed E-state index contributed by atoms with van der Waals surface area (Å²) in [6, 6.07) is 8.30. The Bertz CT molecular complexity index is 530. The fraction of sp³-hybridized carbons (Fsp3) is 0.500. The van der Waals surface area contributed by atoms with Crippen molar-refractivity contribution in [2.24, 2.45) is 0 Å². The Morgan fingerprint density at radius 3 is 2.67 bits per heavy atom. The van der Waals surface area contributed by atoms with Gasteiger partial charge in [-0.2, -0.15) is 0 Å². The van der Waals surface area contributed by atoms with E-state index in [1.807, 2.05) is 13.0 Å². The van der Waals surface area contributed by atoms with E-state index in [-0.39, 0.29) is 30.9 Å². The highest BCUT2D eigenvalue weighted by atomic mass is 16.2. The third-order valence-corrected chi connectivity index (χ3v) is 3.77. The van der Waals surface area contributed by atoms with Crippen molar-refractivity contribution >= 4 is 11.8 Å². The van der Waals surface area contributed by atoms with Crippen LogP contribution >= 0.6 is 0 Å². The fourth-order valence-electron chi connectivity index (χ4n) is 2.57. The molecule has 1 fully saturated rings. The summed E-state index contributed by atoms with van der Waals surface area (Å²) in [6.45, 7) is 5.77. The number of hydrogen-bond acceptors (Lipinski definition) is 3. The van der Waals surface area contributed by atoms with Crippen LogP contribution in [-0.4, -0.2) is 54.8 Å². The third-order valence-electron chi connectivity index (χ3n) is 3.77. The summed E-state index contributed by atoms with van der Waals surface area (Å²) in [4.78, 5) is 27.0. The van der Waals surface area contributed by atoms with E-state index in [1.165, 1.54) is 10.5 Å². The van der Waals surface area contributed by atoms with E-state index in [0.29, 0.717) is 6.54 Å². The maximum Gasteiger partial charge on any atom is 0.242 e. The monoisotopic (exact) mass is 289 g/mol. The predicted octanol–water partition coefficient (Wildman–Crippen LogP) is 0.946. The minimum absolute atomic E-state index is 0.00547. The lowest BCUT2D eigenvalue weighted by Gasteiger charge is -2.34. The lowest BCUT2D eigenvalue weighted by atomic mass is 10.0. The minimum Gasteiger partial charge on any atom is -0.335 e. The summed E-state index contributed by atoms with van der Waals surface area (Å²) < 4.78 is 0. The van der Waals surface area contributed by atoms with Crippen LogP contribution in [0.5, 0.6) is 0 Å². The Hall–Kier alpha value is -1.88. The molecule has 2 amide bonds. The van der Waals surface area contributed by atoms with Gasteiger partial charge in [-0.05, 0) is 19.0 Å². The number of hydrogen-bond donors (Lipinski definition) is 1. The van der Waals surface area contributed by atoms with Gasteiger partial charge in [0.2, 0.25) is 11.8 Å². The molecule has 5 heteroatoms. The van der Waals surface area contributed by atoms with Crippen LogP contribution in [0.25, 0.3) is 0 Å². The van der Waals surface area contributed by atoms with Gasteiger partial charge < -0.3 is 15.1 Å². The molecule has 1 aliphatic heterocycles. The predicted molar refractivity (Wildman–Crippen MR) is 81.8 cm³/mol. The number of rotatable bonds is 5. The molecule has 0 bridgehead atoms. The fourth-order valence-corrected chi connectivity index (χ4v) is 2.57. The van der Waals surface area contributed by atoms with E-state index in [9.17, 15) is 9.59 Å². The molecule has 1 aromatic carbocycles. The average molecular weight is 289 g/mol. The molecule has 1 heterocycles. The van der Waals surface area contributed by atoms with Crippen LogP contribution in [-0.2, 0) is 9.59 Å². The molecule has 0 aliphatic carbocycles. The molecule has 0 spiro atoms. The van der Waals surface area contributed by atoms with Gasteiger partial charge >= 0.3 is 0 Å². The van der Waals surface area contributed by atoms with Crippen LogP contribution in [0.2, 0.25) is 0 Å². The van der Waals surface area contributed by atoms with Crippen LogP contribution in [0.15, 0.2) is 24.3 Å². The third kappa shape index (κ3) is 3.82. The number of nitrogens with zero attached hydrogens (tertiary/aromatic N) is 2. The van der Waals surface area contributed by atoms with Crippen molar-refractivity contribution in [2.45, 2.75) is 19.9 Å². The van der Waals surface area contributed by atoms with Gasteiger partial charge in [0.1, 0.15) is 0 Å². The average Bonchev–Trinajstić information content (AvgIpc) is 2.44. The minimum atomic E-state index is -0.00547. The van der Waals surface area contributed by atoms with E-state index < -0.39 is 0 Å². The summed E-state index contributed by atoms with van der Waals surface area (Å²) in [6.07, 6.45) is 0. The van der Waals surface area contributed by atoms with Gasteiger partial charge in [0.15, 0.2) is 0 Å². The molecule has 114 valence electrons. The van der Waals surface area contributed by atoms with Crippen molar-refractivity contribution in [1.82, 2.24) is 15.1 Å². The quantitative estimate of drug-likeness (QED) is 0.878. The zero-order valence-corrected chi connectivity index (χ0v) is 12.9. The second-order valence-corrected chi connectivity index (χ2v) is 5.55. The molecule has 0 radical (unpaired) electrons. The van der Waals surface area contributed by atoms with E-state index in [0.717, 1.165) is 12.1 Å². The van der Waals surface area contributed by atoms with Gasteiger partial charge in [0.05, 0.1) is 13.1 Å². The summed E-state index contributed by atoms with van der Waals surface area (Å²) >= 11 is 0. The second-order valence-electron chi connectivity index (χ2n) is 5.55. The Labute approximate surface area is 125 Å². The standard InChI is InChI=1S/C16H23N3O2/c1-4-17-14(13-7-5-6-12(2)8-13)9-19-11-15(20)18(3)10-16(19)21/h5-8,14,17H,4,9-11H2,1-3H3. The maximum atomic E-state index is 12.1. The number of benzene rings is 1. The molecule has 1 aromatic rings. The number of carbonyl (C=O) groups is 2. The topological polar surface area (TPSA) is 52.7 Å². The van der Waals surface area contributed by atoms with E-state index in [4.69, 9.17) is 0 Å². The van der Waals surface area contributed by atoms with E-state index in [1.54, 1.807) is 11.9 Å². The van der Waals surface area contributed by atoms with E-state index in [2.05, 4.69) is 30.4 Å². The molecule has 0 saturated carbocycles. The molecule has 1 saturated heterocycles. The number of amides is 2. The van der Waals surface area contributed by atoms with Gasteiger partial charge in [-0.1, -0.05) is 36.8 Å². The number of nitrogens with one attached hydrogen (secondary N) is 1. The van der Waals surface area contributed by atoms with E-state index >= 15 is 0 Å². The van der Waals surface area contributed by atoms with Crippen LogP contribution in [0.1, 0.15) is 24.1 Å². The molecule has 0 aromatic heterocycles. The number of likely N-dealkylation sites (N-methyl/N-ethyl adjacent to an activating group) is 2. The summed E-state index contributed by atoms with van der Waals surface area (Å²) in [7, 11) is 1.67. The van der Waals surface area contributed by atoms with Gasteiger partial charge in [-0.3, -0.25) is 9.59 Å². The largest absolute Gasteiger partial charge is 0.335 e. The zero-order valence-electron chi connectivity index (χ0n) is 12.9. The highest BCUT2D eigenvalue weighted by Gasteiger charge is 2.29. The first-order valence-electron chi connectivity index (χ1n) is 7.33. The first-order chi connectivity index (χ1) is 10.0. The van der Waals surface area contributed by atoms with Crippen molar-refractivity contribution in [1.29, 1.82) is 0 Å². The Balaban J connectivity index is 2.13. The van der Waals surface area contributed by atoms with Gasteiger partial charge in [0.25, 0.3) is 0 Å². The van der Waals surface area contributed by atoms with Gasteiger partial charge in [-0.15, -0.1) is 0 Å². The van der Waals surface area contributed by atoms with Gasteiger partial charge in [0, 0.05) is 19.6 Å². The van der Waals surface area contributed by atoms with Crippen molar-refractivity contribution in [3.05, 3.63) is 35.4 Å². The van der Waals surface area contributed by atoms with Crippen molar-refractivity contribution in [2.75, 3.05) is 33.2 Å². The van der Waals surface area contributed by atoms with Crippen molar-refractivity contribution in [3.8, 4) is 0 Å². The molecular formula is C16H23N3O2. The van der Waals surface area contributed by atoms with Crippen LogP contribution in [0.3, 0.4) is 0 Å². The van der Waals surface area contributed by atoms with Gasteiger partial charge in [-0.25, -0.2) is 0 Å². The first-order valence-corrected chi connectivity index (χ1v) is 7.33. The van der Waals surface area contributed by atoms with Crippen molar-refractivity contribution in [3.63, 3.8) is 0 Å². The molecule has 5 nitrogen and oxygen atoms in total. The smallest absolute Gasteiger partial charge is 0.242 e. The Kier molecular flexibility index (Phi) is 4.96. The molecule has 1 aliphatic rings. The second kappa shape index (κ2) is 6.72. The molecule has 2 rings (SSSR count). The lowest BCUT2D eigenvalue weighted by molar-refractivity contribution is -0.149. The summed E-state index contributed by atoms with van der Waals surface area (Å²) in [5.41, 5.74) is 2.34. The Morgan fingerprint density at radius 2 is 2.00 bits per heavy atom. The van der Waals surface area contributed by atoms with Crippen LogP contribution < -0.4 is 5.32 Å². The maximum absolute atomic E-state index is 12.1. The normalized spacial score (nSPS) is 17.3. The lowest BCUT2D eigenvalue weighted by Crippen LogP contribution is -2.54. The molecular weight excluding hydrogens is 266 g/mol. The summed E-state index contributed by atoms with van der Waals surface area (Å²) in [5, 5.41) is 3.40. The number of piperazine rings is 1. The van der Waals surface area contributed by atoms with Crippen LogP contribution in [0, 0.1) is 6.92 Å². The molecule has 1 unspecified atom stereocenters.